The van der Waals surface area contributed by atoms with Crippen molar-refractivity contribution >= 4 is 11.8 Å². The van der Waals surface area contributed by atoms with Crippen LogP contribution in [0.25, 0.3) is 0 Å². The van der Waals surface area contributed by atoms with Gasteiger partial charge in [0.1, 0.15) is 5.82 Å². The summed E-state index contributed by atoms with van der Waals surface area (Å²) in [5, 5.41) is 9.30. The Balaban J connectivity index is 2.07. The van der Waals surface area contributed by atoms with E-state index in [2.05, 4.69) is 0 Å². The van der Waals surface area contributed by atoms with Crippen molar-refractivity contribution in [3.8, 4) is 0 Å². The minimum absolute atomic E-state index is 0.0901. The third kappa shape index (κ3) is 2.33. The average Bonchev–Trinajstić information content (AvgIpc) is 2.15. The smallest absolute Gasteiger partial charge is 0.124 e. The van der Waals surface area contributed by atoms with Gasteiger partial charge in [-0.05, 0) is 31.0 Å². The highest BCUT2D eigenvalue weighted by atomic mass is 32.2. The molecule has 0 atom stereocenters. The zero-order valence-corrected chi connectivity index (χ0v) is 9.14. The number of halogens is 1. The Morgan fingerprint density at radius 1 is 1.53 bits per heavy atom. The van der Waals surface area contributed by atoms with Crippen LogP contribution in [0.4, 0.5) is 4.39 Å². The second-order valence-corrected chi connectivity index (χ2v) is 5.55. The largest absolute Gasteiger partial charge is 0.393 e. The SMILES string of the molecule is NCC1(Sc2cccc(F)c2)CC(O)C1. The lowest BCUT2D eigenvalue weighted by Gasteiger charge is -2.44. The van der Waals surface area contributed by atoms with Gasteiger partial charge in [0.15, 0.2) is 0 Å². The van der Waals surface area contributed by atoms with E-state index in [0.29, 0.717) is 19.4 Å². The van der Waals surface area contributed by atoms with E-state index in [1.54, 1.807) is 17.8 Å². The van der Waals surface area contributed by atoms with E-state index < -0.39 is 0 Å². The van der Waals surface area contributed by atoms with E-state index in [4.69, 9.17) is 5.73 Å². The van der Waals surface area contributed by atoms with Crippen LogP contribution in [0.15, 0.2) is 29.2 Å². The first-order chi connectivity index (χ1) is 7.13. The van der Waals surface area contributed by atoms with Gasteiger partial charge in [0.2, 0.25) is 0 Å². The van der Waals surface area contributed by atoms with Crippen molar-refractivity contribution in [2.24, 2.45) is 5.73 Å². The van der Waals surface area contributed by atoms with Gasteiger partial charge in [0.25, 0.3) is 0 Å². The van der Waals surface area contributed by atoms with E-state index in [9.17, 15) is 9.50 Å². The Morgan fingerprint density at radius 3 is 2.80 bits per heavy atom. The molecule has 1 saturated carbocycles. The topological polar surface area (TPSA) is 46.2 Å². The van der Waals surface area contributed by atoms with Crippen LogP contribution in [0, 0.1) is 5.82 Å². The minimum atomic E-state index is -0.241. The maximum absolute atomic E-state index is 13.0. The zero-order valence-electron chi connectivity index (χ0n) is 8.32. The van der Waals surface area contributed by atoms with E-state index in [1.165, 1.54) is 12.1 Å². The molecule has 0 spiro atoms. The van der Waals surface area contributed by atoms with Crippen LogP contribution < -0.4 is 5.73 Å². The van der Waals surface area contributed by atoms with Crippen molar-refractivity contribution in [2.45, 2.75) is 28.6 Å². The maximum Gasteiger partial charge on any atom is 0.124 e. The molecule has 3 N–H and O–H groups in total. The molecule has 1 aliphatic carbocycles. The fourth-order valence-corrected chi connectivity index (χ4v) is 3.32. The molecule has 0 amide bonds. The summed E-state index contributed by atoms with van der Waals surface area (Å²) >= 11 is 1.57. The molecule has 2 nitrogen and oxygen atoms in total. The molecule has 0 saturated heterocycles. The van der Waals surface area contributed by atoms with Crippen LogP contribution in [-0.2, 0) is 0 Å². The van der Waals surface area contributed by atoms with E-state index >= 15 is 0 Å². The Hall–Kier alpha value is -0.580. The molecule has 0 aliphatic heterocycles. The number of benzene rings is 1. The highest BCUT2D eigenvalue weighted by Crippen LogP contribution is 2.46. The molecule has 0 radical (unpaired) electrons. The number of nitrogens with two attached hydrogens (primary N) is 1. The lowest BCUT2D eigenvalue weighted by molar-refractivity contribution is 0.0643. The van der Waals surface area contributed by atoms with Gasteiger partial charge < -0.3 is 10.8 Å². The minimum Gasteiger partial charge on any atom is -0.393 e. The van der Waals surface area contributed by atoms with E-state index in [0.717, 1.165) is 4.90 Å². The van der Waals surface area contributed by atoms with Gasteiger partial charge in [-0.3, -0.25) is 0 Å². The fraction of sp³-hybridized carbons (Fsp3) is 0.455. The molecule has 4 heteroatoms. The van der Waals surface area contributed by atoms with Gasteiger partial charge >= 0.3 is 0 Å². The Labute approximate surface area is 92.7 Å². The highest BCUT2D eigenvalue weighted by Gasteiger charge is 2.43. The fourth-order valence-electron chi connectivity index (χ4n) is 1.87. The lowest BCUT2D eigenvalue weighted by atomic mass is 9.81. The zero-order chi connectivity index (χ0) is 10.9. The number of hydrogen-bond acceptors (Lipinski definition) is 3. The van der Waals surface area contributed by atoms with Gasteiger partial charge in [-0.15, -0.1) is 11.8 Å². The van der Waals surface area contributed by atoms with Crippen molar-refractivity contribution in [1.82, 2.24) is 0 Å². The molecule has 82 valence electrons. The summed E-state index contributed by atoms with van der Waals surface area (Å²) in [6.07, 6.45) is 1.16. The summed E-state index contributed by atoms with van der Waals surface area (Å²) in [5.41, 5.74) is 5.69. The van der Waals surface area contributed by atoms with Gasteiger partial charge in [-0.25, -0.2) is 4.39 Å². The van der Waals surface area contributed by atoms with Gasteiger partial charge in [-0.1, -0.05) is 6.07 Å². The van der Waals surface area contributed by atoms with Gasteiger partial charge in [0.05, 0.1) is 6.10 Å². The molecule has 0 heterocycles. The Kier molecular flexibility index (Phi) is 3.00. The number of rotatable bonds is 3. The quantitative estimate of drug-likeness (QED) is 0.827. The summed E-state index contributed by atoms with van der Waals surface area (Å²) in [6.45, 7) is 0.519. The number of thioether (sulfide) groups is 1. The molecular weight excluding hydrogens is 213 g/mol. The predicted octanol–water partition coefficient (Wildman–Crippen LogP) is 1.77. The van der Waals surface area contributed by atoms with Gasteiger partial charge in [0, 0.05) is 16.2 Å². The second-order valence-electron chi connectivity index (χ2n) is 4.01. The third-order valence-corrected chi connectivity index (χ3v) is 4.14. The van der Waals surface area contributed by atoms with Crippen molar-refractivity contribution < 1.29 is 9.50 Å². The van der Waals surface area contributed by atoms with Crippen molar-refractivity contribution in [2.75, 3.05) is 6.54 Å². The maximum atomic E-state index is 13.0. The van der Waals surface area contributed by atoms with E-state index in [-0.39, 0.29) is 16.7 Å². The number of aliphatic hydroxyl groups excluding tert-OH is 1. The van der Waals surface area contributed by atoms with Crippen LogP contribution >= 0.6 is 11.8 Å². The molecule has 15 heavy (non-hydrogen) atoms. The summed E-state index contributed by atoms with van der Waals surface area (Å²) in [5.74, 6) is -0.230. The first kappa shape index (κ1) is 10.9. The molecule has 2 rings (SSSR count). The van der Waals surface area contributed by atoms with Crippen LogP contribution in [0.5, 0.6) is 0 Å². The number of aliphatic hydroxyl groups is 1. The summed E-state index contributed by atoms with van der Waals surface area (Å²) in [7, 11) is 0. The van der Waals surface area contributed by atoms with Crippen molar-refractivity contribution in [1.29, 1.82) is 0 Å². The van der Waals surface area contributed by atoms with Crippen molar-refractivity contribution in [3.05, 3.63) is 30.1 Å². The molecule has 1 fully saturated rings. The Morgan fingerprint density at radius 2 is 2.27 bits per heavy atom. The van der Waals surface area contributed by atoms with E-state index in [1.807, 2.05) is 6.07 Å². The van der Waals surface area contributed by atoms with Crippen molar-refractivity contribution in [3.63, 3.8) is 0 Å². The average molecular weight is 227 g/mol. The molecule has 0 aromatic heterocycles. The number of hydrogen-bond donors (Lipinski definition) is 2. The second kappa shape index (κ2) is 4.12. The Bertz CT molecular complexity index is 352. The first-order valence-electron chi connectivity index (χ1n) is 4.96. The molecule has 1 aromatic rings. The standard InChI is InChI=1S/C11H14FNOS/c12-8-2-1-3-10(4-8)15-11(7-13)5-9(14)6-11/h1-4,9,14H,5-7,13H2. The summed E-state index contributed by atoms with van der Waals surface area (Å²) < 4.78 is 12.9. The predicted molar refractivity (Wildman–Crippen MR) is 59.3 cm³/mol. The lowest BCUT2D eigenvalue weighted by Crippen LogP contribution is -2.49. The normalized spacial score (nSPS) is 29.9. The summed E-state index contributed by atoms with van der Waals surface area (Å²) in [6, 6.07) is 6.49. The van der Waals surface area contributed by atoms with Crippen LogP contribution in [0.3, 0.4) is 0 Å². The third-order valence-electron chi connectivity index (χ3n) is 2.72. The molecule has 0 bridgehead atoms. The molecular formula is C11H14FNOS. The van der Waals surface area contributed by atoms with Gasteiger partial charge in [-0.2, -0.15) is 0 Å². The van der Waals surface area contributed by atoms with Crippen LogP contribution in [-0.4, -0.2) is 22.5 Å². The summed E-state index contributed by atoms with van der Waals surface area (Å²) in [4.78, 5) is 0.882. The highest BCUT2D eigenvalue weighted by molar-refractivity contribution is 8.00. The molecule has 0 unspecified atom stereocenters. The molecule has 1 aromatic carbocycles. The molecule has 1 aliphatic rings. The van der Waals surface area contributed by atoms with Crippen LogP contribution in [0.1, 0.15) is 12.8 Å². The first-order valence-corrected chi connectivity index (χ1v) is 5.78. The monoisotopic (exact) mass is 227 g/mol. The van der Waals surface area contributed by atoms with Crippen LogP contribution in [0.2, 0.25) is 0 Å².